The number of rotatable bonds is 3. The van der Waals surface area contributed by atoms with E-state index in [-0.39, 0.29) is 0 Å². The van der Waals surface area contributed by atoms with Crippen LogP contribution in [0.2, 0.25) is 0 Å². The third-order valence-corrected chi connectivity index (χ3v) is 3.74. The first-order valence-electron chi connectivity index (χ1n) is 6.42. The molecule has 2 nitrogen and oxygen atoms in total. The van der Waals surface area contributed by atoms with Crippen LogP contribution in [0.1, 0.15) is 16.7 Å². The number of halogens is 1. The monoisotopic (exact) mass is 348 g/mol. The summed E-state index contributed by atoms with van der Waals surface area (Å²) in [6, 6.07) is 14.4. The van der Waals surface area contributed by atoms with Gasteiger partial charge in [0.1, 0.15) is 0 Å². The average Bonchev–Trinajstić information content (AvgIpc) is 2.42. The summed E-state index contributed by atoms with van der Waals surface area (Å²) in [5.41, 5.74) is 4.61. The molecular weight excluding hydrogens is 332 g/mol. The number of nitrogens with one attached hydrogen (secondary N) is 2. The van der Waals surface area contributed by atoms with Crippen LogP contribution < -0.4 is 10.6 Å². The molecule has 0 bridgehead atoms. The van der Waals surface area contributed by atoms with Gasteiger partial charge in [-0.1, -0.05) is 46.3 Å². The van der Waals surface area contributed by atoms with Crippen molar-refractivity contribution in [2.75, 3.05) is 5.32 Å². The van der Waals surface area contributed by atoms with Crippen LogP contribution in [0.3, 0.4) is 0 Å². The van der Waals surface area contributed by atoms with Crippen molar-refractivity contribution in [3.63, 3.8) is 0 Å². The van der Waals surface area contributed by atoms with Crippen molar-refractivity contribution in [1.82, 2.24) is 5.32 Å². The molecule has 20 heavy (non-hydrogen) atoms. The van der Waals surface area contributed by atoms with E-state index in [0.717, 1.165) is 16.7 Å². The number of aryl methyl sites for hydroxylation is 2. The summed E-state index contributed by atoms with van der Waals surface area (Å²) >= 11 is 8.85. The summed E-state index contributed by atoms with van der Waals surface area (Å²) in [6.07, 6.45) is 0. The second-order valence-corrected chi connectivity index (χ2v) is 6.03. The zero-order valence-corrected chi connectivity index (χ0v) is 13.9. The summed E-state index contributed by atoms with van der Waals surface area (Å²) in [6.45, 7) is 4.86. The SMILES string of the molecule is Cc1cc(Br)cc(C)c1NC(=S)NCc1ccccc1. The third-order valence-electron chi connectivity index (χ3n) is 3.03. The Bertz CT molecular complexity index is 588. The molecule has 0 heterocycles. The van der Waals surface area contributed by atoms with Crippen LogP contribution in [-0.4, -0.2) is 5.11 Å². The van der Waals surface area contributed by atoms with Crippen molar-refractivity contribution in [3.8, 4) is 0 Å². The van der Waals surface area contributed by atoms with Gasteiger partial charge in [0.15, 0.2) is 5.11 Å². The minimum Gasteiger partial charge on any atom is -0.358 e. The van der Waals surface area contributed by atoms with Gasteiger partial charge < -0.3 is 10.6 Å². The van der Waals surface area contributed by atoms with E-state index in [1.165, 1.54) is 16.7 Å². The maximum absolute atomic E-state index is 5.35. The molecule has 0 saturated carbocycles. The second-order valence-electron chi connectivity index (χ2n) is 4.71. The molecular formula is C16H17BrN2S. The first-order valence-corrected chi connectivity index (χ1v) is 7.62. The molecule has 0 aliphatic heterocycles. The van der Waals surface area contributed by atoms with Crippen molar-refractivity contribution < 1.29 is 0 Å². The van der Waals surface area contributed by atoms with E-state index in [0.29, 0.717) is 5.11 Å². The van der Waals surface area contributed by atoms with Crippen LogP contribution >= 0.6 is 28.1 Å². The Labute approximate surface area is 133 Å². The Balaban J connectivity index is 1.98. The van der Waals surface area contributed by atoms with Gasteiger partial charge in [-0.2, -0.15) is 0 Å². The molecule has 2 rings (SSSR count). The maximum Gasteiger partial charge on any atom is 0.171 e. The highest BCUT2D eigenvalue weighted by atomic mass is 79.9. The Kier molecular flexibility index (Phi) is 5.15. The highest BCUT2D eigenvalue weighted by Crippen LogP contribution is 2.24. The van der Waals surface area contributed by atoms with E-state index in [4.69, 9.17) is 12.2 Å². The quantitative estimate of drug-likeness (QED) is 0.795. The third kappa shape index (κ3) is 4.05. The molecule has 0 spiro atoms. The van der Waals surface area contributed by atoms with Gasteiger partial charge in [0.05, 0.1) is 0 Å². The Morgan fingerprint density at radius 3 is 2.30 bits per heavy atom. The van der Waals surface area contributed by atoms with E-state index in [9.17, 15) is 0 Å². The van der Waals surface area contributed by atoms with Gasteiger partial charge in [0, 0.05) is 16.7 Å². The molecule has 0 aromatic heterocycles. The zero-order valence-electron chi connectivity index (χ0n) is 11.5. The van der Waals surface area contributed by atoms with Gasteiger partial charge >= 0.3 is 0 Å². The summed E-state index contributed by atoms with van der Waals surface area (Å²) in [5.74, 6) is 0. The van der Waals surface area contributed by atoms with Crippen LogP contribution in [0.4, 0.5) is 5.69 Å². The van der Waals surface area contributed by atoms with Crippen molar-refractivity contribution in [2.24, 2.45) is 0 Å². The average molecular weight is 349 g/mol. The van der Waals surface area contributed by atoms with Crippen LogP contribution in [0.5, 0.6) is 0 Å². The minimum atomic E-state index is 0.641. The molecule has 0 aliphatic carbocycles. The maximum atomic E-state index is 5.35. The Morgan fingerprint density at radius 2 is 1.70 bits per heavy atom. The van der Waals surface area contributed by atoms with Gasteiger partial charge in [0.25, 0.3) is 0 Å². The molecule has 104 valence electrons. The molecule has 2 aromatic carbocycles. The van der Waals surface area contributed by atoms with Gasteiger partial charge in [-0.15, -0.1) is 0 Å². The van der Waals surface area contributed by atoms with Crippen LogP contribution in [-0.2, 0) is 6.54 Å². The lowest BCUT2D eigenvalue weighted by atomic mass is 10.1. The van der Waals surface area contributed by atoms with Crippen molar-refractivity contribution in [2.45, 2.75) is 20.4 Å². The van der Waals surface area contributed by atoms with E-state index >= 15 is 0 Å². The smallest absolute Gasteiger partial charge is 0.171 e. The molecule has 0 aliphatic rings. The summed E-state index contributed by atoms with van der Waals surface area (Å²) in [5, 5.41) is 7.14. The van der Waals surface area contributed by atoms with Crippen LogP contribution in [0.15, 0.2) is 46.9 Å². The first kappa shape index (κ1) is 15.0. The Morgan fingerprint density at radius 1 is 1.10 bits per heavy atom. The standard InChI is InChI=1S/C16H17BrN2S/c1-11-8-14(17)9-12(2)15(11)19-16(20)18-10-13-6-4-3-5-7-13/h3-9H,10H2,1-2H3,(H2,18,19,20). The molecule has 0 amide bonds. The molecule has 4 heteroatoms. The van der Waals surface area contributed by atoms with Crippen molar-refractivity contribution in [1.29, 1.82) is 0 Å². The Hall–Kier alpha value is -1.39. The molecule has 2 N–H and O–H groups in total. The zero-order chi connectivity index (χ0) is 14.5. The fourth-order valence-corrected chi connectivity index (χ4v) is 2.90. The topological polar surface area (TPSA) is 24.1 Å². The fraction of sp³-hybridized carbons (Fsp3) is 0.188. The van der Waals surface area contributed by atoms with E-state index in [1.54, 1.807) is 0 Å². The number of anilines is 1. The predicted molar refractivity (Wildman–Crippen MR) is 93.1 cm³/mol. The normalized spacial score (nSPS) is 10.2. The number of thiocarbonyl (C=S) groups is 1. The summed E-state index contributed by atoms with van der Waals surface area (Å²) in [7, 11) is 0. The lowest BCUT2D eigenvalue weighted by Crippen LogP contribution is -2.28. The first-order chi connectivity index (χ1) is 9.56. The van der Waals surface area contributed by atoms with Crippen molar-refractivity contribution in [3.05, 3.63) is 63.6 Å². The van der Waals surface area contributed by atoms with Gasteiger partial charge in [-0.05, 0) is 54.9 Å². The van der Waals surface area contributed by atoms with Crippen molar-refractivity contribution >= 4 is 38.9 Å². The number of benzene rings is 2. The molecule has 0 atom stereocenters. The number of hydrogen-bond acceptors (Lipinski definition) is 1. The fourth-order valence-electron chi connectivity index (χ4n) is 2.04. The summed E-state index contributed by atoms with van der Waals surface area (Å²) < 4.78 is 1.08. The van der Waals surface area contributed by atoms with Gasteiger partial charge in [-0.3, -0.25) is 0 Å². The lowest BCUT2D eigenvalue weighted by Gasteiger charge is -2.15. The van der Waals surface area contributed by atoms with Crippen LogP contribution in [0, 0.1) is 13.8 Å². The van der Waals surface area contributed by atoms with E-state index in [2.05, 4.69) is 64.7 Å². The predicted octanol–water partition coefficient (Wildman–Crippen LogP) is 4.55. The van der Waals surface area contributed by atoms with E-state index < -0.39 is 0 Å². The van der Waals surface area contributed by atoms with E-state index in [1.807, 2.05) is 18.2 Å². The molecule has 2 aromatic rings. The van der Waals surface area contributed by atoms with Gasteiger partial charge in [-0.25, -0.2) is 0 Å². The van der Waals surface area contributed by atoms with Gasteiger partial charge in [0.2, 0.25) is 0 Å². The molecule has 0 radical (unpaired) electrons. The second kappa shape index (κ2) is 6.86. The largest absolute Gasteiger partial charge is 0.358 e. The molecule has 0 unspecified atom stereocenters. The minimum absolute atomic E-state index is 0.641. The highest BCUT2D eigenvalue weighted by molar-refractivity contribution is 9.10. The summed E-state index contributed by atoms with van der Waals surface area (Å²) in [4.78, 5) is 0. The number of hydrogen-bond donors (Lipinski definition) is 2. The van der Waals surface area contributed by atoms with Crippen LogP contribution in [0.25, 0.3) is 0 Å². The highest BCUT2D eigenvalue weighted by Gasteiger charge is 2.06. The molecule has 0 saturated heterocycles. The lowest BCUT2D eigenvalue weighted by molar-refractivity contribution is 0.925. The molecule has 0 fully saturated rings.